The lowest BCUT2D eigenvalue weighted by Gasteiger charge is -2.06. The molecule has 1 aromatic rings. The van der Waals surface area contributed by atoms with Crippen molar-refractivity contribution in [2.75, 3.05) is 13.6 Å². The summed E-state index contributed by atoms with van der Waals surface area (Å²) in [5.74, 6) is 0. The van der Waals surface area contributed by atoms with Crippen molar-refractivity contribution < 1.29 is 0 Å². The highest BCUT2D eigenvalue weighted by molar-refractivity contribution is 6.31. The smallest absolute Gasteiger partial charge is 0.0440 e. The van der Waals surface area contributed by atoms with E-state index in [4.69, 9.17) is 11.6 Å². The number of benzene rings is 1. The van der Waals surface area contributed by atoms with Crippen molar-refractivity contribution in [3.8, 4) is 0 Å². The van der Waals surface area contributed by atoms with Gasteiger partial charge in [0, 0.05) is 5.02 Å². The summed E-state index contributed by atoms with van der Waals surface area (Å²) in [6.45, 7) is 7.59. The van der Waals surface area contributed by atoms with Crippen LogP contribution in [0, 0.1) is 0 Å². The summed E-state index contributed by atoms with van der Waals surface area (Å²) in [6.07, 6.45) is 3.34. The van der Waals surface area contributed by atoms with E-state index in [-0.39, 0.29) is 0 Å². The van der Waals surface area contributed by atoms with Crippen LogP contribution in [-0.2, 0) is 12.8 Å². The van der Waals surface area contributed by atoms with Gasteiger partial charge in [-0.3, -0.25) is 0 Å². The molecule has 0 bridgehead atoms. The van der Waals surface area contributed by atoms with Gasteiger partial charge in [0.25, 0.3) is 0 Å². The maximum absolute atomic E-state index is 6.01. The van der Waals surface area contributed by atoms with Crippen LogP contribution in [0.3, 0.4) is 0 Å². The normalized spacial score (nSPS) is 9.56. The van der Waals surface area contributed by atoms with Crippen molar-refractivity contribution in [3.63, 3.8) is 0 Å². The predicted octanol–water partition coefficient (Wildman–Crippen LogP) is 4.08. The van der Waals surface area contributed by atoms with Crippen LogP contribution in [0.1, 0.15) is 38.3 Å². The number of hydrogen-bond acceptors (Lipinski definition) is 1. The van der Waals surface area contributed by atoms with E-state index in [0.717, 1.165) is 24.4 Å². The highest BCUT2D eigenvalue weighted by atomic mass is 35.5. The van der Waals surface area contributed by atoms with Gasteiger partial charge in [-0.2, -0.15) is 0 Å². The molecule has 0 fully saturated rings. The Morgan fingerprint density at radius 2 is 1.81 bits per heavy atom. The average Bonchev–Trinajstić information content (AvgIpc) is 2.30. The van der Waals surface area contributed by atoms with E-state index >= 15 is 0 Å². The quantitative estimate of drug-likeness (QED) is 0.838. The lowest BCUT2D eigenvalue weighted by Crippen LogP contribution is -2.04. The minimum atomic E-state index is 0.909. The molecule has 0 aliphatic heterocycles. The fourth-order valence-electron chi connectivity index (χ4n) is 1.58. The molecule has 0 atom stereocenters. The van der Waals surface area contributed by atoms with Crippen LogP contribution in [0.25, 0.3) is 0 Å². The fourth-order valence-corrected chi connectivity index (χ4v) is 1.91. The molecule has 1 rings (SSSR count). The number of nitrogens with one attached hydrogen (secondary N) is 1. The third-order valence-corrected chi connectivity index (χ3v) is 2.80. The molecule has 0 aromatic heterocycles. The first-order valence-corrected chi connectivity index (χ1v) is 6.49. The van der Waals surface area contributed by atoms with Gasteiger partial charge < -0.3 is 5.32 Å². The van der Waals surface area contributed by atoms with Gasteiger partial charge in [0.15, 0.2) is 0 Å². The van der Waals surface area contributed by atoms with Gasteiger partial charge in [0.1, 0.15) is 0 Å². The first kappa shape index (κ1) is 15.5. The fraction of sp³-hybridized carbons (Fsp3) is 0.571. The van der Waals surface area contributed by atoms with Crippen molar-refractivity contribution in [2.24, 2.45) is 0 Å². The zero-order valence-electron chi connectivity index (χ0n) is 10.9. The molecule has 0 aliphatic rings. The molecule has 92 valence electrons. The van der Waals surface area contributed by atoms with Gasteiger partial charge >= 0.3 is 0 Å². The topological polar surface area (TPSA) is 12.0 Å². The Bertz CT molecular complexity index is 282. The van der Waals surface area contributed by atoms with Gasteiger partial charge in [-0.25, -0.2) is 0 Å². The van der Waals surface area contributed by atoms with E-state index in [1.165, 1.54) is 17.5 Å². The molecule has 0 saturated heterocycles. The predicted molar refractivity (Wildman–Crippen MR) is 74.4 cm³/mol. The first-order chi connectivity index (χ1) is 7.71. The van der Waals surface area contributed by atoms with E-state index in [0.29, 0.717) is 0 Å². The largest absolute Gasteiger partial charge is 0.320 e. The summed E-state index contributed by atoms with van der Waals surface area (Å²) in [4.78, 5) is 0. The van der Waals surface area contributed by atoms with E-state index < -0.39 is 0 Å². The average molecular weight is 242 g/mol. The Labute approximate surface area is 105 Å². The molecule has 2 heteroatoms. The molecular formula is C14H24ClN. The molecule has 0 unspecified atom stereocenters. The van der Waals surface area contributed by atoms with Crippen LogP contribution in [0.2, 0.25) is 5.02 Å². The van der Waals surface area contributed by atoms with E-state index in [2.05, 4.69) is 32.2 Å². The van der Waals surface area contributed by atoms with Crippen LogP contribution in [0.15, 0.2) is 18.2 Å². The van der Waals surface area contributed by atoms with Gasteiger partial charge in [-0.15, -0.1) is 0 Å². The second-order valence-corrected chi connectivity index (χ2v) is 4.10. The molecular weight excluding hydrogens is 218 g/mol. The zero-order valence-corrected chi connectivity index (χ0v) is 11.7. The van der Waals surface area contributed by atoms with Crippen LogP contribution in [0.5, 0.6) is 0 Å². The molecule has 1 nitrogen and oxygen atoms in total. The van der Waals surface area contributed by atoms with Crippen LogP contribution < -0.4 is 5.32 Å². The number of rotatable bonds is 4. The summed E-state index contributed by atoms with van der Waals surface area (Å²) >= 11 is 6.01. The third kappa shape index (κ3) is 5.53. The second-order valence-electron chi connectivity index (χ2n) is 3.69. The number of hydrogen-bond donors (Lipinski definition) is 1. The Morgan fingerprint density at radius 1 is 1.12 bits per heavy atom. The highest BCUT2D eigenvalue weighted by Crippen LogP contribution is 2.20. The van der Waals surface area contributed by atoms with Crippen LogP contribution in [-0.4, -0.2) is 13.6 Å². The maximum Gasteiger partial charge on any atom is 0.0440 e. The molecule has 0 radical (unpaired) electrons. The number of aryl methyl sites for hydroxylation is 1. The minimum absolute atomic E-state index is 0.909. The highest BCUT2D eigenvalue weighted by Gasteiger charge is 2.01. The van der Waals surface area contributed by atoms with Crippen LogP contribution >= 0.6 is 11.6 Å². The number of halogens is 1. The third-order valence-electron chi connectivity index (χ3n) is 2.45. The second kappa shape index (κ2) is 9.68. The summed E-state index contributed by atoms with van der Waals surface area (Å²) in [6, 6.07) is 6.12. The zero-order chi connectivity index (χ0) is 12.4. The lowest BCUT2D eigenvalue weighted by molar-refractivity contribution is 0.772. The Hall–Kier alpha value is -0.530. The summed E-state index contributed by atoms with van der Waals surface area (Å²) in [5.41, 5.74) is 2.68. The van der Waals surface area contributed by atoms with Crippen molar-refractivity contribution in [1.82, 2.24) is 5.32 Å². The standard InChI is InChI=1S/C10H13Cl.C4H11N/c1-3-8-6-5-7-10(11)9(8)4-2;1-3-4-5-2/h5-7H,3-4H2,1-2H3;5H,3-4H2,1-2H3. The molecule has 0 aliphatic carbocycles. The first-order valence-electron chi connectivity index (χ1n) is 6.11. The van der Waals surface area contributed by atoms with E-state index in [1.807, 2.05) is 19.2 Å². The molecule has 1 N–H and O–H groups in total. The summed E-state index contributed by atoms with van der Waals surface area (Å²) < 4.78 is 0. The molecule has 1 aromatic carbocycles. The maximum atomic E-state index is 6.01. The lowest BCUT2D eigenvalue weighted by atomic mass is 10.0. The SMILES string of the molecule is CCCNC.CCc1cccc(Cl)c1CC. The van der Waals surface area contributed by atoms with E-state index in [9.17, 15) is 0 Å². The summed E-state index contributed by atoms with van der Waals surface area (Å²) in [7, 11) is 1.96. The van der Waals surface area contributed by atoms with Crippen molar-refractivity contribution >= 4 is 11.6 Å². The van der Waals surface area contributed by atoms with Gasteiger partial charge in [-0.1, -0.05) is 44.5 Å². The minimum Gasteiger partial charge on any atom is -0.320 e. The Balaban J connectivity index is 0.000000385. The van der Waals surface area contributed by atoms with Crippen molar-refractivity contribution in [2.45, 2.75) is 40.0 Å². The van der Waals surface area contributed by atoms with Gasteiger partial charge in [0.05, 0.1) is 0 Å². The van der Waals surface area contributed by atoms with Gasteiger partial charge in [-0.05, 0) is 50.0 Å². The summed E-state index contributed by atoms with van der Waals surface area (Å²) in [5, 5.41) is 3.93. The molecule has 16 heavy (non-hydrogen) atoms. The Morgan fingerprint density at radius 3 is 2.12 bits per heavy atom. The molecule has 0 saturated carbocycles. The Kier molecular flexibility index (Phi) is 9.36. The van der Waals surface area contributed by atoms with Crippen molar-refractivity contribution in [1.29, 1.82) is 0 Å². The monoisotopic (exact) mass is 241 g/mol. The van der Waals surface area contributed by atoms with Crippen LogP contribution in [0.4, 0.5) is 0 Å². The van der Waals surface area contributed by atoms with Crippen molar-refractivity contribution in [3.05, 3.63) is 34.3 Å². The molecule has 0 spiro atoms. The molecule has 0 amide bonds. The molecule has 0 heterocycles. The van der Waals surface area contributed by atoms with Gasteiger partial charge in [0.2, 0.25) is 0 Å². The van der Waals surface area contributed by atoms with E-state index in [1.54, 1.807) is 0 Å².